The van der Waals surface area contributed by atoms with Crippen molar-refractivity contribution in [1.29, 1.82) is 0 Å². The van der Waals surface area contributed by atoms with E-state index in [2.05, 4.69) is 17.2 Å². The van der Waals surface area contributed by atoms with Crippen molar-refractivity contribution < 1.29 is 14.7 Å². The van der Waals surface area contributed by atoms with Gasteiger partial charge in [0.2, 0.25) is 0 Å². The van der Waals surface area contributed by atoms with Crippen molar-refractivity contribution >= 4 is 12.0 Å². The quantitative estimate of drug-likeness (QED) is 0.595. The van der Waals surface area contributed by atoms with Gasteiger partial charge in [0.1, 0.15) is 6.04 Å². The third-order valence-electron chi connectivity index (χ3n) is 2.86. The van der Waals surface area contributed by atoms with E-state index in [9.17, 15) is 9.59 Å². The summed E-state index contributed by atoms with van der Waals surface area (Å²) in [6.07, 6.45) is 2.63. The second kappa shape index (κ2) is 7.70. The number of urea groups is 1. The topological polar surface area (TPSA) is 78.4 Å². The van der Waals surface area contributed by atoms with Crippen molar-refractivity contribution in [3.05, 3.63) is 12.7 Å². The lowest BCUT2D eigenvalue weighted by atomic mass is 10.0. The highest BCUT2D eigenvalue weighted by Gasteiger charge is 2.20. The van der Waals surface area contributed by atoms with Gasteiger partial charge in [-0.25, -0.2) is 9.59 Å². The summed E-state index contributed by atoms with van der Waals surface area (Å²) < 4.78 is 0. The summed E-state index contributed by atoms with van der Waals surface area (Å²) in [4.78, 5) is 22.4. The highest BCUT2D eigenvalue weighted by atomic mass is 16.4. The summed E-state index contributed by atoms with van der Waals surface area (Å²) in [5.74, 6) is -0.709. The average molecular weight is 242 g/mol. The number of aliphatic carboxylic acids is 1. The third-order valence-corrected chi connectivity index (χ3v) is 2.86. The average Bonchev–Trinajstić information content (AvgIpc) is 2.26. The fraction of sp³-hybridized carbons (Fsp3) is 0.667. The molecule has 0 bridgehead atoms. The van der Waals surface area contributed by atoms with Crippen LogP contribution in [0.1, 0.15) is 33.6 Å². The summed E-state index contributed by atoms with van der Waals surface area (Å²) in [6, 6.07) is -1.36. The molecule has 3 N–H and O–H groups in total. The van der Waals surface area contributed by atoms with Gasteiger partial charge in [-0.05, 0) is 19.3 Å². The molecule has 5 heteroatoms. The molecular weight excluding hydrogens is 220 g/mol. The Morgan fingerprint density at radius 2 is 1.94 bits per heavy atom. The van der Waals surface area contributed by atoms with Crippen molar-refractivity contribution in [1.82, 2.24) is 10.6 Å². The molecule has 0 aromatic heterocycles. The minimum Gasteiger partial charge on any atom is -0.480 e. The Balaban J connectivity index is 4.23. The smallest absolute Gasteiger partial charge is 0.326 e. The zero-order valence-electron chi connectivity index (χ0n) is 10.7. The SMILES string of the molecule is C=CCC(NC(=O)NC(C)C(C)CC)C(=O)O. The van der Waals surface area contributed by atoms with E-state index in [0.29, 0.717) is 5.92 Å². The molecule has 0 spiro atoms. The van der Waals surface area contributed by atoms with Gasteiger partial charge in [0.05, 0.1) is 0 Å². The zero-order chi connectivity index (χ0) is 13.4. The van der Waals surface area contributed by atoms with Crippen LogP contribution in [0.15, 0.2) is 12.7 Å². The summed E-state index contributed by atoms with van der Waals surface area (Å²) in [7, 11) is 0. The molecule has 0 rings (SSSR count). The molecule has 0 aliphatic heterocycles. The molecule has 0 heterocycles. The van der Waals surface area contributed by atoms with Gasteiger partial charge in [-0.2, -0.15) is 0 Å². The van der Waals surface area contributed by atoms with E-state index in [1.54, 1.807) is 0 Å². The van der Waals surface area contributed by atoms with Crippen LogP contribution in [0.3, 0.4) is 0 Å². The molecular formula is C12H22N2O3. The first-order valence-corrected chi connectivity index (χ1v) is 5.83. The molecule has 17 heavy (non-hydrogen) atoms. The van der Waals surface area contributed by atoms with E-state index in [4.69, 9.17) is 5.11 Å². The van der Waals surface area contributed by atoms with Crippen LogP contribution in [-0.4, -0.2) is 29.2 Å². The second-order valence-corrected chi connectivity index (χ2v) is 4.21. The zero-order valence-corrected chi connectivity index (χ0v) is 10.7. The maximum absolute atomic E-state index is 11.5. The summed E-state index contributed by atoms with van der Waals surface area (Å²) in [5, 5.41) is 14.0. The third kappa shape index (κ3) is 5.94. The van der Waals surface area contributed by atoms with E-state index >= 15 is 0 Å². The summed E-state index contributed by atoms with van der Waals surface area (Å²) in [6.45, 7) is 9.43. The highest BCUT2D eigenvalue weighted by molar-refractivity contribution is 5.82. The number of hydrogen-bond acceptors (Lipinski definition) is 2. The predicted molar refractivity (Wildman–Crippen MR) is 66.8 cm³/mol. The Bertz CT molecular complexity index is 279. The lowest BCUT2D eigenvalue weighted by Gasteiger charge is -2.21. The van der Waals surface area contributed by atoms with E-state index in [1.165, 1.54) is 6.08 Å². The van der Waals surface area contributed by atoms with Crippen molar-refractivity contribution in [2.24, 2.45) is 5.92 Å². The fourth-order valence-electron chi connectivity index (χ4n) is 1.29. The molecule has 5 nitrogen and oxygen atoms in total. The first-order valence-electron chi connectivity index (χ1n) is 5.83. The number of carbonyl (C=O) groups excluding carboxylic acids is 1. The molecule has 0 saturated carbocycles. The summed E-state index contributed by atoms with van der Waals surface area (Å²) in [5.41, 5.74) is 0. The molecule has 0 saturated heterocycles. The lowest BCUT2D eigenvalue weighted by molar-refractivity contribution is -0.139. The van der Waals surface area contributed by atoms with Crippen molar-refractivity contribution in [2.45, 2.75) is 45.7 Å². The van der Waals surface area contributed by atoms with Gasteiger partial charge in [-0.3, -0.25) is 0 Å². The second-order valence-electron chi connectivity index (χ2n) is 4.21. The normalized spacial score (nSPS) is 15.5. The van der Waals surface area contributed by atoms with Crippen LogP contribution in [0.25, 0.3) is 0 Å². The van der Waals surface area contributed by atoms with Gasteiger partial charge in [-0.1, -0.05) is 26.3 Å². The van der Waals surface area contributed by atoms with Crippen LogP contribution in [0.4, 0.5) is 4.79 Å². The van der Waals surface area contributed by atoms with Crippen LogP contribution >= 0.6 is 0 Å². The molecule has 0 aliphatic rings. The Hall–Kier alpha value is -1.52. The van der Waals surface area contributed by atoms with Gasteiger partial charge in [0.25, 0.3) is 0 Å². The first kappa shape index (κ1) is 15.5. The Morgan fingerprint density at radius 1 is 1.35 bits per heavy atom. The van der Waals surface area contributed by atoms with Gasteiger partial charge >= 0.3 is 12.0 Å². The van der Waals surface area contributed by atoms with Gasteiger partial charge in [0.15, 0.2) is 0 Å². The van der Waals surface area contributed by atoms with Gasteiger partial charge < -0.3 is 15.7 Å². The van der Waals surface area contributed by atoms with Crippen LogP contribution in [0, 0.1) is 5.92 Å². The first-order chi connectivity index (χ1) is 7.92. The minimum atomic E-state index is -1.06. The number of carbonyl (C=O) groups is 2. The standard InChI is InChI=1S/C12H22N2O3/c1-5-7-10(11(15)16)14-12(17)13-9(4)8(3)6-2/h5,8-10H,1,6-7H2,2-4H3,(H,15,16)(H2,13,14,17). The number of carboxylic acid groups (broad SMARTS) is 1. The lowest BCUT2D eigenvalue weighted by Crippen LogP contribution is -2.49. The monoisotopic (exact) mass is 242 g/mol. The number of amides is 2. The fourth-order valence-corrected chi connectivity index (χ4v) is 1.29. The van der Waals surface area contributed by atoms with Crippen molar-refractivity contribution in [3.63, 3.8) is 0 Å². The number of nitrogens with one attached hydrogen (secondary N) is 2. The molecule has 0 aromatic rings. The summed E-state index contributed by atoms with van der Waals surface area (Å²) >= 11 is 0. The molecule has 3 unspecified atom stereocenters. The number of carboxylic acids is 1. The van der Waals surface area contributed by atoms with E-state index < -0.39 is 18.0 Å². The predicted octanol–water partition coefficient (Wildman–Crippen LogP) is 1.75. The van der Waals surface area contributed by atoms with Gasteiger partial charge in [-0.15, -0.1) is 6.58 Å². The maximum Gasteiger partial charge on any atom is 0.326 e. The number of hydrogen-bond donors (Lipinski definition) is 3. The Kier molecular flexibility index (Phi) is 7.02. The van der Waals surface area contributed by atoms with E-state index in [-0.39, 0.29) is 12.5 Å². The largest absolute Gasteiger partial charge is 0.480 e. The van der Waals surface area contributed by atoms with Crippen LogP contribution in [0.5, 0.6) is 0 Å². The molecule has 98 valence electrons. The molecule has 2 amide bonds. The maximum atomic E-state index is 11.5. The van der Waals surface area contributed by atoms with E-state index in [0.717, 1.165) is 6.42 Å². The van der Waals surface area contributed by atoms with Crippen molar-refractivity contribution in [3.8, 4) is 0 Å². The van der Waals surface area contributed by atoms with Crippen molar-refractivity contribution in [2.75, 3.05) is 0 Å². The van der Waals surface area contributed by atoms with Crippen LogP contribution in [-0.2, 0) is 4.79 Å². The molecule has 0 radical (unpaired) electrons. The highest BCUT2D eigenvalue weighted by Crippen LogP contribution is 2.06. The molecule has 3 atom stereocenters. The van der Waals surface area contributed by atoms with E-state index in [1.807, 2.05) is 20.8 Å². The molecule has 0 aliphatic carbocycles. The van der Waals surface area contributed by atoms with Gasteiger partial charge in [0, 0.05) is 6.04 Å². The van der Waals surface area contributed by atoms with Crippen LogP contribution in [0.2, 0.25) is 0 Å². The Labute approximate surface area is 102 Å². The molecule has 0 fully saturated rings. The Morgan fingerprint density at radius 3 is 2.35 bits per heavy atom. The number of rotatable bonds is 7. The van der Waals surface area contributed by atoms with Crippen LogP contribution < -0.4 is 10.6 Å². The minimum absolute atomic E-state index is 0.0122. The molecule has 0 aromatic carbocycles.